The van der Waals surface area contributed by atoms with Crippen LogP contribution in [-0.4, -0.2) is 19.0 Å². The average molecular weight is 245 g/mol. The lowest BCUT2D eigenvalue weighted by atomic mass is 9.81. The highest BCUT2D eigenvalue weighted by molar-refractivity contribution is 5.90. The number of ether oxygens (including phenoxy) is 1. The number of rotatable bonds is 4. The minimum absolute atomic E-state index is 0.142. The van der Waals surface area contributed by atoms with Gasteiger partial charge in [-0.1, -0.05) is 42.5 Å². The molecule has 18 heavy (non-hydrogen) atoms. The minimum atomic E-state index is -0.439. The summed E-state index contributed by atoms with van der Waals surface area (Å²) in [6.45, 7) is 0.470. The number of carbonyl (C=O) groups is 2. The van der Waals surface area contributed by atoms with Gasteiger partial charge in [0, 0.05) is 6.54 Å². The predicted molar refractivity (Wildman–Crippen MR) is 66.4 cm³/mol. The van der Waals surface area contributed by atoms with E-state index in [0.29, 0.717) is 6.54 Å². The Morgan fingerprint density at radius 3 is 2.39 bits per heavy atom. The molecule has 94 valence electrons. The molecule has 0 saturated carbocycles. The van der Waals surface area contributed by atoms with Gasteiger partial charge in [-0.25, -0.2) is 0 Å². The Morgan fingerprint density at radius 1 is 1.17 bits per heavy atom. The van der Waals surface area contributed by atoms with Crippen molar-refractivity contribution in [2.75, 3.05) is 7.11 Å². The van der Waals surface area contributed by atoms with Gasteiger partial charge >= 0.3 is 5.97 Å². The first kappa shape index (κ1) is 12.4. The van der Waals surface area contributed by atoms with Crippen LogP contribution < -0.4 is 5.32 Å². The van der Waals surface area contributed by atoms with Gasteiger partial charge < -0.3 is 10.1 Å². The third kappa shape index (κ3) is 2.59. The Labute approximate surface area is 106 Å². The zero-order valence-corrected chi connectivity index (χ0v) is 10.1. The molecule has 0 heterocycles. The second kappa shape index (κ2) is 5.49. The van der Waals surface area contributed by atoms with E-state index in [1.54, 1.807) is 12.2 Å². The molecule has 1 N–H and O–H groups in total. The van der Waals surface area contributed by atoms with Gasteiger partial charge in [-0.3, -0.25) is 9.59 Å². The van der Waals surface area contributed by atoms with Gasteiger partial charge in [0.1, 0.15) is 0 Å². The normalized spacial score (nSPS) is 20.9. The van der Waals surface area contributed by atoms with E-state index in [0.717, 1.165) is 5.56 Å². The predicted octanol–water partition coefficient (Wildman–Crippen LogP) is 1.28. The smallest absolute Gasteiger partial charge is 0.313 e. The Kier molecular flexibility index (Phi) is 3.77. The van der Waals surface area contributed by atoms with E-state index < -0.39 is 11.8 Å². The Balaban J connectivity index is 1.86. The van der Waals surface area contributed by atoms with Gasteiger partial charge in [-0.05, 0) is 5.56 Å². The highest BCUT2D eigenvalue weighted by Gasteiger charge is 2.36. The molecule has 0 radical (unpaired) electrons. The fourth-order valence-corrected chi connectivity index (χ4v) is 1.85. The minimum Gasteiger partial charge on any atom is -0.469 e. The molecule has 4 heteroatoms. The Morgan fingerprint density at radius 2 is 1.83 bits per heavy atom. The first-order chi connectivity index (χ1) is 8.72. The van der Waals surface area contributed by atoms with Crippen LogP contribution >= 0.6 is 0 Å². The first-order valence-electron chi connectivity index (χ1n) is 5.80. The number of carbonyl (C=O) groups excluding carboxylic acids is 2. The molecule has 4 nitrogen and oxygen atoms in total. The van der Waals surface area contributed by atoms with Crippen LogP contribution in [0, 0.1) is 11.8 Å². The molecule has 0 saturated heterocycles. The van der Waals surface area contributed by atoms with E-state index >= 15 is 0 Å². The number of nitrogens with one attached hydrogen (secondary N) is 1. The van der Waals surface area contributed by atoms with Gasteiger partial charge in [0.25, 0.3) is 0 Å². The lowest BCUT2D eigenvalue weighted by Crippen LogP contribution is -2.40. The van der Waals surface area contributed by atoms with Crippen molar-refractivity contribution in [3.05, 3.63) is 48.0 Å². The summed E-state index contributed by atoms with van der Waals surface area (Å²) in [5, 5.41) is 2.81. The van der Waals surface area contributed by atoms with E-state index in [2.05, 4.69) is 10.1 Å². The summed E-state index contributed by atoms with van der Waals surface area (Å²) in [5.74, 6) is -1.35. The second-order valence-corrected chi connectivity index (χ2v) is 4.16. The van der Waals surface area contributed by atoms with E-state index in [-0.39, 0.29) is 11.9 Å². The molecule has 2 atom stereocenters. The maximum atomic E-state index is 11.9. The number of benzene rings is 1. The molecule has 0 bridgehead atoms. The molecule has 1 amide bonds. The molecule has 1 aromatic carbocycles. The third-order valence-electron chi connectivity index (χ3n) is 3.00. The molecule has 0 spiro atoms. The Bertz CT molecular complexity index is 467. The van der Waals surface area contributed by atoms with Crippen LogP contribution in [0.25, 0.3) is 0 Å². The monoisotopic (exact) mass is 245 g/mol. The molecule has 1 aromatic rings. The fourth-order valence-electron chi connectivity index (χ4n) is 1.85. The van der Waals surface area contributed by atoms with Crippen LogP contribution in [0.1, 0.15) is 5.56 Å². The quantitative estimate of drug-likeness (QED) is 0.642. The number of hydrogen-bond donors (Lipinski definition) is 1. The van der Waals surface area contributed by atoms with Gasteiger partial charge in [-0.15, -0.1) is 0 Å². The van der Waals surface area contributed by atoms with Gasteiger partial charge in [0.05, 0.1) is 18.9 Å². The number of methoxy groups -OCH3 is 1. The van der Waals surface area contributed by atoms with Crippen LogP contribution in [0.4, 0.5) is 0 Å². The third-order valence-corrected chi connectivity index (χ3v) is 3.00. The van der Waals surface area contributed by atoms with Crippen molar-refractivity contribution in [2.24, 2.45) is 11.8 Å². The highest BCUT2D eigenvalue weighted by atomic mass is 16.5. The number of esters is 1. The molecule has 1 aliphatic carbocycles. The van der Waals surface area contributed by atoms with Crippen molar-refractivity contribution in [1.82, 2.24) is 5.32 Å². The zero-order chi connectivity index (χ0) is 13.0. The van der Waals surface area contributed by atoms with Crippen molar-refractivity contribution in [1.29, 1.82) is 0 Å². The molecule has 0 unspecified atom stereocenters. The highest BCUT2D eigenvalue weighted by Crippen LogP contribution is 2.26. The molecule has 0 aromatic heterocycles. The zero-order valence-electron chi connectivity index (χ0n) is 10.1. The Hall–Kier alpha value is -2.10. The van der Waals surface area contributed by atoms with Crippen LogP contribution in [0.2, 0.25) is 0 Å². The lowest BCUT2D eigenvalue weighted by Gasteiger charge is -2.25. The fraction of sp³-hybridized carbons (Fsp3) is 0.286. The molecule has 1 aliphatic rings. The molecule has 0 aliphatic heterocycles. The molecular formula is C14H15NO3. The maximum Gasteiger partial charge on any atom is 0.313 e. The van der Waals surface area contributed by atoms with E-state index in [1.165, 1.54) is 7.11 Å². The average Bonchev–Trinajstić information content (AvgIpc) is 2.36. The SMILES string of the molecule is COC(=O)[C@@H]1C=C[C@@H]1C(=O)NCc1ccccc1. The van der Waals surface area contributed by atoms with E-state index in [1.807, 2.05) is 30.3 Å². The second-order valence-electron chi connectivity index (χ2n) is 4.16. The van der Waals surface area contributed by atoms with Crippen LogP contribution in [0.3, 0.4) is 0 Å². The van der Waals surface area contributed by atoms with Gasteiger partial charge in [0.2, 0.25) is 5.91 Å². The van der Waals surface area contributed by atoms with E-state index in [9.17, 15) is 9.59 Å². The summed E-state index contributed by atoms with van der Waals surface area (Å²) < 4.78 is 4.63. The first-order valence-corrected chi connectivity index (χ1v) is 5.80. The van der Waals surface area contributed by atoms with Crippen molar-refractivity contribution in [3.8, 4) is 0 Å². The summed E-state index contributed by atoms with van der Waals surface area (Å²) in [6.07, 6.45) is 3.42. The number of hydrogen-bond acceptors (Lipinski definition) is 3. The van der Waals surface area contributed by atoms with Crippen molar-refractivity contribution >= 4 is 11.9 Å². The largest absolute Gasteiger partial charge is 0.469 e. The summed E-state index contributed by atoms with van der Waals surface area (Å²) in [7, 11) is 1.33. The van der Waals surface area contributed by atoms with Crippen LogP contribution in [-0.2, 0) is 20.9 Å². The summed E-state index contributed by atoms with van der Waals surface area (Å²) in [4.78, 5) is 23.2. The van der Waals surface area contributed by atoms with Crippen LogP contribution in [0.5, 0.6) is 0 Å². The summed E-state index contributed by atoms with van der Waals surface area (Å²) >= 11 is 0. The van der Waals surface area contributed by atoms with E-state index in [4.69, 9.17) is 0 Å². The lowest BCUT2D eigenvalue weighted by molar-refractivity contribution is -0.148. The van der Waals surface area contributed by atoms with Crippen molar-refractivity contribution in [2.45, 2.75) is 6.54 Å². The molecule has 0 fully saturated rings. The maximum absolute atomic E-state index is 11.9. The topological polar surface area (TPSA) is 55.4 Å². The molecular weight excluding hydrogens is 230 g/mol. The summed E-state index contributed by atoms with van der Waals surface area (Å²) in [5.41, 5.74) is 1.03. The van der Waals surface area contributed by atoms with Gasteiger partial charge in [0.15, 0.2) is 0 Å². The summed E-state index contributed by atoms with van der Waals surface area (Å²) in [6, 6.07) is 9.64. The standard InChI is InChI=1S/C14H15NO3/c1-18-14(17)12-8-7-11(12)13(16)15-9-10-5-3-2-4-6-10/h2-8,11-12H,9H2,1H3,(H,15,16)/t11-,12+/m0/s1. The number of amides is 1. The van der Waals surface area contributed by atoms with Crippen molar-refractivity contribution in [3.63, 3.8) is 0 Å². The van der Waals surface area contributed by atoms with Gasteiger partial charge in [-0.2, -0.15) is 0 Å². The van der Waals surface area contributed by atoms with Crippen molar-refractivity contribution < 1.29 is 14.3 Å². The van der Waals surface area contributed by atoms with Crippen LogP contribution in [0.15, 0.2) is 42.5 Å². The molecule has 2 rings (SSSR count).